The summed E-state index contributed by atoms with van der Waals surface area (Å²) in [6.45, 7) is 17.8. The average Bonchev–Trinajstić information content (AvgIpc) is 0.817. The lowest BCUT2D eigenvalue weighted by Gasteiger charge is -2.10. The van der Waals surface area contributed by atoms with Crippen LogP contribution in [0.15, 0.2) is 279 Å². The van der Waals surface area contributed by atoms with Gasteiger partial charge in [-0.15, -0.1) is 0 Å². The number of halogens is 2. The Morgan fingerprint density at radius 2 is 0.441 bits per heavy atom. The summed E-state index contributed by atoms with van der Waals surface area (Å²) in [5, 5.41) is 0. The lowest BCUT2D eigenvalue weighted by molar-refractivity contribution is 0.247. The van der Waals surface area contributed by atoms with Crippen LogP contribution in [-0.4, -0.2) is 46.2 Å². The SMILES string of the molecule is CCCCCCCCCCCc1ccc(-c2ccc(-c3ccc(C=Cc4ccc(C)cc4)cc3)cc2F)cc1F.CCCCCOc1ccc(-c2ccc(OCCCCCCOc3ccc(OCCCOc4ccc(C)cc4)cc3)cc2)cc1.Cc1ccc(-c2ccc(OCCCCCCOc3ccc(-c4ccc(C)cc4)cc3)cc2)cc1. The third-order valence-electron chi connectivity index (χ3n) is 21.0. The lowest BCUT2D eigenvalue weighted by atomic mass is 9.97. The number of aryl methyl sites for hydroxylation is 5. The Morgan fingerprint density at radius 3 is 0.788 bits per heavy atom. The molecule has 0 aromatic heterocycles. The molecule has 0 radical (unpaired) electrons. The van der Waals surface area contributed by atoms with E-state index in [2.05, 4.69) is 236 Å². The first-order chi connectivity index (χ1) is 57.9. The molecule has 0 aliphatic carbocycles. The molecular weight excluding hydrogens is 1460 g/mol. The van der Waals surface area contributed by atoms with Crippen LogP contribution in [0, 0.1) is 39.3 Å². The molecule has 7 nitrogen and oxygen atoms in total. The highest BCUT2D eigenvalue weighted by Gasteiger charge is 2.13. The number of hydrogen-bond donors (Lipinski definition) is 0. The van der Waals surface area contributed by atoms with Crippen molar-refractivity contribution in [3.8, 4) is 95.9 Å². The number of rotatable bonds is 46. The van der Waals surface area contributed by atoms with E-state index >= 15 is 4.39 Å². The monoisotopic (exact) mass is 1580 g/mol. The largest absolute Gasteiger partial charge is 0.494 e. The predicted octanol–water partition coefficient (Wildman–Crippen LogP) is 30.6. The molecule has 12 aromatic rings. The van der Waals surface area contributed by atoms with E-state index in [-0.39, 0.29) is 11.6 Å². The quantitative estimate of drug-likeness (QED) is 0.0278. The third kappa shape index (κ3) is 32.4. The van der Waals surface area contributed by atoms with Gasteiger partial charge in [-0.25, -0.2) is 8.78 Å². The maximum atomic E-state index is 15.2. The predicted molar refractivity (Wildman–Crippen MR) is 491 cm³/mol. The standard InChI is InChI=1S/C39H48O5.C38H42F2.C32H34O2/c1-3-4-7-27-40-36-19-13-33(14-20-36)34-15-21-37(22-16-34)41-28-8-5-6-9-29-42-38-23-25-39(26-24-38)44-31-10-30-43-35-17-11-32(2)12-18-35;1-3-4-5-6-7-8-9-10-11-12-33-23-24-35(28-37(33)39)36-26-25-34(27-38(36)40)32-21-19-31(20-22-32)18-17-30-15-13-29(2)14-16-30;1-25-7-11-27(12-8-25)29-15-19-31(20-16-29)33-23-5-3-4-6-24-34-32-21-17-30(18-22-32)28-13-9-26(2)10-14-28/h11-26H,3-10,27-31H2,1-2H3;13-28H,3-12H2,1-2H3;7-22H,3-6,23-24H2,1-2H3. The van der Waals surface area contributed by atoms with Gasteiger partial charge in [0, 0.05) is 12.0 Å². The molecule has 0 aliphatic rings. The van der Waals surface area contributed by atoms with Crippen LogP contribution >= 0.6 is 0 Å². The van der Waals surface area contributed by atoms with Gasteiger partial charge in [-0.1, -0.05) is 294 Å². The van der Waals surface area contributed by atoms with E-state index in [4.69, 9.17) is 33.2 Å². The molecule has 118 heavy (non-hydrogen) atoms. The molecule has 0 amide bonds. The zero-order chi connectivity index (χ0) is 82.4. The van der Waals surface area contributed by atoms with Crippen LogP contribution in [0.4, 0.5) is 8.78 Å². The van der Waals surface area contributed by atoms with Crippen molar-refractivity contribution in [2.24, 2.45) is 0 Å². The van der Waals surface area contributed by atoms with Crippen LogP contribution in [0.1, 0.15) is 188 Å². The molecular formula is C109H124F2O7. The maximum Gasteiger partial charge on any atom is 0.131 e. The van der Waals surface area contributed by atoms with E-state index in [1.165, 1.54) is 119 Å². The van der Waals surface area contributed by atoms with Crippen molar-refractivity contribution in [2.45, 2.75) is 183 Å². The highest BCUT2D eigenvalue weighted by atomic mass is 19.1. The van der Waals surface area contributed by atoms with E-state index in [0.717, 1.165) is 178 Å². The minimum atomic E-state index is -0.341. The number of benzene rings is 12. The van der Waals surface area contributed by atoms with Crippen LogP contribution in [0.3, 0.4) is 0 Å². The highest BCUT2D eigenvalue weighted by molar-refractivity contribution is 5.75. The van der Waals surface area contributed by atoms with Gasteiger partial charge in [0.05, 0.1) is 46.2 Å². The Hall–Kier alpha value is -11.2. The van der Waals surface area contributed by atoms with Gasteiger partial charge in [-0.3, -0.25) is 0 Å². The van der Waals surface area contributed by atoms with Gasteiger partial charge in [-0.05, 0) is 262 Å². The molecule has 0 saturated heterocycles. The van der Waals surface area contributed by atoms with Crippen molar-refractivity contribution in [3.63, 3.8) is 0 Å². The second kappa shape index (κ2) is 51.1. The molecule has 0 atom stereocenters. The minimum Gasteiger partial charge on any atom is -0.494 e. The number of hydrogen-bond acceptors (Lipinski definition) is 7. The maximum absolute atomic E-state index is 15.2. The average molecular weight is 1580 g/mol. The van der Waals surface area contributed by atoms with Gasteiger partial charge in [0.2, 0.25) is 0 Å². The smallest absolute Gasteiger partial charge is 0.131 e. The molecule has 9 heteroatoms. The van der Waals surface area contributed by atoms with E-state index in [0.29, 0.717) is 30.9 Å². The summed E-state index contributed by atoms with van der Waals surface area (Å²) < 4.78 is 71.1. The van der Waals surface area contributed by atoms with Crippen LogP contribution in [-0.2, 0) is 6.42 Å². The Balaban J connectivity index is 0.000000188. The third-order valence-corrected chi connectivity index (χ3v) is 21.0. The van der Waals surface area contributed by atoms with Crippen LogP contribution in [0.2, 0.25) is 0 Å². The lowest BCUT2D eigenvalue weighted by Crippen LogP contribution is -2.05. The van der Waals surface area contributed by atoms with Gasteiger partial charge >= 0.3 is 0 Å². The second-order valence-electron chi connectivity index (χ2n) is 30.9. The van der Waals surface area contributed by atoms with Gasteiger partial charge < -0.3 is 33.2 Å². The second-order valence-corrected chi connectivity index (χ2v) is 30.9. The van der Waals surface area contributed by atoms with Crippen LogP contribution in [0.5, 0.6) is 40.2 Å². The zero-order valence-electron chi connectivity index (χ0n) is 70.8. The molecule has 12 aromatic carbocycles. The normalized spacial score (nSPS) is 11.0. The molecule has 0 unspecified atom stereocenters. The first kappa shape index (κ1) is 89.2. The Labute approximate surface area is 704 Å². The molecule has 0 bridgehead atoms. The fourth-order valence-corrected chi connectivity index (χ4v) is 13.7. The van der Waals surface area contributed by atoms with Crippen molar-refractivity contribution in [3.05, 3.63) is 330 Å². The summed E-state index contributed by atoms with van der Waals surface area (Å²) in [4.78, 5) is 0. The van der Waals surface area contributed by atoms with E-state index < -0.39 is 0 Å². The fraction of sp³-hybridized carbons (Fsp3) is 0.321. The van der Waals surface area contributed by atoms with Crippen molar-refractivity contribution in [1.82, 2.24) is 0 Å². The highest BCUT2D eigenvalue weighted by Crippen LogP contribution is 2.33. The van der Waals surface area contributed by atoms with Gasteiger partial charge in [0.25, 0.3) is 0 Å². The Morgan fingerprint density at radius 1 is 0.212 bits per heavy atom. The van der Waals surface area contributed by atoms with E-state index in [1.807, 2.05) is 78.9 Å². The zero-order valence-corrected chi connectivity index (χ0v) is 70.8. The summed E-state index contributed by atoms with van der Waals surface area (Å²) in [5.41, 5.74) is 18.0. The number of unbranched alkanes of at least 4 members (excludes halogenated alkanes) is 16. The summed E-state index contributed by atoms with van der Waals surface area (Å²) in [6.07, 6.45) is 29.2. The Bertz CT molecular complexity index is 4680. The van der Waals surface area contributed by atoms with Gasteiger partial charge in [0.15, 0.2) is 0 Å². The first-order valence-corrected chi connectivity index (χ1v) is 43.4. The summed E-state index contributed by atoms with van der Waals surface area (Å²) in [5.74, 6) is 5.76. The molecule has 0 heterocycles. The van der Waals surface area contributed by atoms with E-state index in [9.17, 15) is 4.39 Å². The molecule has 0 saturated carbocycles. The molecule has 0 fully saturated rings. The minimum absolute atomic E-state index is 0.241. The molecule has 0 spiro atoms. The van der Waals surface area contributed by atoms with Crippen molar-refractivity contribution < 1.29 is 41.9 Å². The summed E-state index contributed by atoms with van der Waals surface area (Å²) in [7, 11) is 0. The van der Waals surface area contributed by atoms with Gasteiger partial charge in [0.1, 0.15) is 51.9 Å². The number of ether oxygens (including phenoxy) is 7. The summed E-state index contributed by atoms with van der Waals surface area (Å²) in [6, 6.07) is 93.5. The van der Waals surface area contributed by atoms with Crippen molar-refractivity contribution in [2.75, 3.05) is 46.2 Å². The van der Waals surface area contributed by atoms with Crippen LogP contribution in [0.25, 0.3) is 67.8 Å². The molecule has 0 aliphatic heterocycles. The first-order valence-electron chi connectivity index (χ1n) is 43.4. The summed E-state index contributed by atoms with van der Waals surface area (Å²) >= 11 is 0. The van der Waals surface area contributed by atoms with Crippen molar-refractivity contribution in [1.29, 1.82) is 0 Å². The topological polar surface area (TPSA) is 64.6 Å². The fourth-order valence-electron chi connectivity index (χ4n) is 13.7. The van der Waals surface area contributed by atoms with Gasteiger partial charge in [-0.2, -0.15) is 0 Å². The van der Waals surface area contributed by atoms with Crippen LogP contribution < -0.4 is 33.2 Å². The molecule has 616 valence electrons. The van der Waals surface area contributed by atoms with E-state index in [1.54, 1.807) is 12.1 Å². The molecule has 12 rings (SSSR count). The molecule has 0 N–H and O–H groups in total. The Kier molecular flexibility index (Phi) is 38.6. The van der Waals surface area contributed by atoms with Crippen molar-refractivity contribution >= 4 is 12.2 Å².